The number of hydrogen-bond acceptors (Lipinski definition) is 5. The minimum atomic E-state index is -3.69. The lowest BCUT2D eigenvalue weighted by Gasteiger charge is -2.30. The van der Waals surface area contributed by atoms with Crippen LogP contribution in [0.2, 0.25) is 0 Å². The molecule has 0 unspecified atom stereocenters. The van der Waals surface area contributed by atoms with E-state index in [0.29, 0.717) is 18.6 Å². The van der Waals surface area contributed by atoms with E-state index in [1.165, 1.54) is 16.4 Å². The molecule has 6 nitrogen and oxygen atoms in total. The lowest BCUT2D eigenvalue weighted by Crippen LogP contribution is -2.40. The maximum absolute atomic E-state index is 13.0. The van der Waals surface area contributed by atoms with Crippen LogP contribution >= 0.6 is 0 Å². The fourth-order valence-corrected chi connectivity index (χ4v) is 4.59. The van der Waals surface area contributed by atoms with Gasteiger partial charge in [-0.15, -0.1) is 0 Å². The number of sulfonamides is 1. The molecule has 1 aliphatic rings. The average molecular weight is 407 g/mol. The normalized spacial score (nSPS) is 15.9. The summed E-state index contributed by atoms with van der Waals surface area (Å²) in [5.74, 6) is -0.476. The first kappa shape index (κ1) is 20.3. The minimum Gasteiger partial charge on any atom is -0.497 e. The number of rotatable bonds is 6. The predicted octanol–water partition coefficient (Wildman–Crippen LogP) is 2.98. The first-order chi connectivity index (χ1) is 13.4. The Labute approximate surface area is 163 Å². The molecule has 28 heavy (non-hydrogen) atoms. The Morgan fingerprint density at radius 2 is 1.82 bits per heavy atom. The van der Waals surface area contributed by atoms with Gasteiger partial charge in [-0.05, 0) is 54.8 Å². The zero-order valence-corrected chi connectivity index (χ0v) is 16.3. The SMILES string of the molecule is COc1cccc(COC(=O)C2CCN(S(=O)(=O)c3ccc(F)cc3)CC2)c1. The van der Waals surface area contributed by atoms with Gasteiger partial charge in [-0.1, -0.05) is 12.1 Å². The number of hydrogen-bond donors (Lipinski definition) is 0. The fourth-order valence-electron chi connectivity index (χ4n) is 3.12. The molecule has 0 N–H and O–H groups in total. The molecule has 8 heteroatoms. The highest BCUT2D eigenvalue weighted by Gasteiger charge is 2.32. The average Bonchev–Trinajstić information content (AvgIpc) is 2.72. The standard InChI is InChI=1S/C20H22FNO5S/c1-26-18-4-2-3-15(13-18)14-27-20(23)16-9-11-22(12-10-16)28(24,25)19-7-5-17(21)6-8-19/h2-8,13,16H,9-12,14H2,1H3. The van der Waals surface area contributed by atoms with Crippen molar-refractivity contribution in [3.63, 3.8) is 0 Å². The number of nitrogens with zero attached hydrogens (tertiary/aromatic N) is 1. The van der Waals surface area contributed by atoms with E-state index < -0.39 is 15.8 Å². The van der Waals surface area contributed by atoms with Crippen LogP contribution in [0.3, 0.4) is 0 Å². The van der Waals surface area contributed by atoms with Gasteiger partial charge in [-0.3, -0.25) is 4.79 Å². The second kappa shape index (κ2) is 8.70. The molecule has 150 valence electrons. The van der Waals surface area contributed by atoms with E-state index in [9.17, 15) is 17.6 Å². The van der Waals surface area contributed by atoms with Gasteiger partial charge in [0.05, 0.1) is 17.9 Å². The Morgan fingerprint density at radius 1 is 1.14 bits per heavy atom. The van der Waals surface area contributed by atoms with Gasteiger partial charge in [0.15, 0.2) is 0 Å². The number of esters is 1. The van der Waals surface area contributed by atoms with Gasteiger partial charge in [0.25, 0.3) is 0 Å². The molecule has 1 aliphatic heterocycles. The van der Waals surface area contributed by atoms with Crippen LogP contribution in [0.5, 0.6) is 5.75 Å². The van der Waals surface area contributed by atoms with Crippen LogP contribution in [0.25, 0.3) is 0 Å². The van der Waals surface area contributed by atoms with Crippen molar-refractivity contribution in [2.45, 2.75) is 24.3 Å². The number of halogens is 1. The second-order valence-corrected chi connectivity index (χ2v) is 8.53. The molecule has 3 rings (SSSR count). The van der Waals surface area contributed by atoms with Crippen molar-refractivity contribution < 1.29 is 27.1 Å². The van der Waals surface area contributed by atoms with Gasteiger partial charge in [0, 0.05) is 13.1 Å². The number of piperidine rings is 1. The molecule has 0 radical (unpaired) electrons. The molecule has 1 saturated heterocycles. The van der Waals surface area contributed by atoms with E-state index in [1.54, 1.807) is 13.2 Å². The van der Waals surface area contributed by atoms with Crippen LogP contribution in [0, 0.1) is 11.7 Å². The van der Waals surface area contributed by atoms with Crippen LogP contribution in [-0.4, -0.2) is 38.9 Å². The van der Waals surface area contributed by atoms with E-state index in [4.69, 9.17) is 9.47 Å². The topological polar surface area (TPSA) is 72.9 Å². The third-order valence-corrected chi connectivity index (χ3v) is 6.67. The summed E-state index contributed by atoms with van der Waals surface area (Å²) in [7, 11) is -2.12. The summed E-state index contributed by atoms with van der Waals surface area (Å²) >= 11 is 0. The summed E-state index contributed by atoms with van der Waals surface area (Å²) in [4.78, 5) is 12.4. The molecule has 1 heterocycles. The number of carbonyl (C=O) groups excluding carboxylic acids is 1. The Morgan fingerprint density at radius 3 is 2.46 bits per heavy atom. The van der Waals surface area contributed by atoms with Crippen LogP contribution in [-0.2, 0) is 26.2 Å². The fraction of sp³-hybridized carbons (Fsp3) is 0.350. The Hall–Kier alpha value is -2.45. The Bertz CT molecular complexity index is 922. The van der Waals surface area contributed by atoms with Crippen molar-refractivity contribution in [2.24, 2.45) is 5.92 Å². The van der Waals surface area contributed by atoms with Crippen LogP contribution in [0.1, 0.15) is 18.4 Å². The van der Waals surface area contributed by atoms with Gasteiger partial charge in [-0.2, -0.15) is 4.31 Å². The molecule has 0 aromatic heterocycles. The first-order valence-corrected chi connectivity index (χ1v) is 10.4. The first-order valence-electron chi connectivity index (χ1n) is 8.95. The largest absolute Gasteiger partial charge is 0.497 e. The van der Waals surface area contributed by atoms with Crippen molar-refractivity contribution in [1.29, 1.82) is 0 Å². The Kier molecular flexibility index (Phi) is 6.31. The molecule has 0 bridgehead atoms. The molecular weight excluding hydrogens is 385 g/mol. The lowest BCUT2D eigenvalue weighted by atomic mass is 9.98. The zero-order valence-electron chi connectivity index (χ0n) is 15.5. The maximum atomic E-state index is 13.0. The third-order valence-electron chi connectivity index (χ3n) is 4.75. The molecule has 0 atom stereocenters. The highest BCUT2D eigenvalue weighted by molar-refractivity contribution is 7.89. The minimum absolute atomic E-state index is 0.0490. The third kappa shape index (κ3) is 4.69. The molecular formula is C20H22FNO5S. The van der Waals surface area contributed by atoms with Gasteiger partial charge in [0.1, 0.15) is 18.2 Å². The Balaban J connectivity index is 1.54. The quantitative estimate of drug-likeness (QED) is 0.689. The van der Waals surface area contributed by atoms with E-state index in [2.05, 4.69) is 0 Å². The summed E-state index contributed by atoms with van der Waals surface area (Å²) < 4.78 is 50.1. The van der Waals surface area contributed by atoms with Crippen molar-refractivity contribution in [1.82, 2.24) is 4.31 Å². The van der Waals surface area contributed by atoms with Crippen molar-refractivity contribution in [3.05, 3.63) is 59.9 Å². The number of benzene rings is 2. The monoisotopic (exact) mass is 407 g/mol. The van der Waals surface area contributed by atoms with Crippen molar-refractivity contribution in [3.8, 4) is 5.75 Å². The number of methoxy groups -OCH3 is 1. The van der Waals surface area contributed by atoms with Crippen LogP contribution in [0.15, 0.2) is 53.4 Å². The molecule has 1 fully saturated rings. The van der Waals surface area contributed by atoms with E-state index >= 15 is 0 Å². The summed E-state index contributed by atoms with van der Waals surface area (Å²) in [6.45, 7) is 0.585. The number of ether oxygens (including phenoxy) is 2. The van der Waals surface area contributed by atoms with Crippen molar-refractivity contribution in [2.75, 3.05) is 20.2 Å². The van der Waals surface area contributed by atoms with Gasteiger partial charge < -0.3 is 9.47 Å². The van der Waals surface area contributed by atoms with E-state index in [1.807, 2.05) is 18.2 Å². The molecule has 2 aromatic carbocycles. The van der Waals surface area contributed by atoms with Crippen LogP contribution in [0.4, 0.5) is 4.39 Å². The zero-order chi connectivity index (χ0) is 20.1. The van der Waals surface area contributed by atoms with Crippen LogP contribution < -0.4 is 4.74 Å². The molecule has 0 amide bonds. The molecule has 0 saturated carbocycles. The second-order valence-electron chi connectivity index (χ2n) is 6.59. The van der Waals surface area contributed by atoms with Gasteiger partial charge >= 0.3 is 5.97 Å². The number of carbonyl (C=O) groups is 1. The maximum Gasteiger partial charge on any atom is 0.309 e. The van der Waals surface area contributed by atoms with Gasteiger partial charge in [0.2, 0.25) is 10.0 Å². The molecule has 0 spiro atoms. The lowest BCUT2D eigenvalue weighted by molar-refractivity contribution is -0.151. The molecule has 0 aliphatic carbocycles. The molecule has 2 aromatic rings. The summed E-state index contributed by atoms with van der Waals surface area (Å²) in [6.07, 6.45) is 0.773. The van der Waals surface area contributed by atoms with Crippen molar-refractivity contribution >= 4 is 16.0 Å². The summed E-state index contributed by atoms with van der Waals surface area (Å²) in [5, 5.41) is 0. The highest BCUT2D eigenvalue weighted by atomic mass is 32.2. The van der Waals surface area contributed by atoms with E-state index in [0.717, 1.165) is 17.7 Å². The van der Waals surface area contributed by atoms with Gasteiger partial charge in [-0.25, -0.2) is 12.8 Å². The smallest absolute Gasteiger partial charge is 0.309 e. The highest BCUT2D eigenvalue weighted by Crippen LogP contribution is 2.25. The van der Waals surface area contributed by atoms with E-state index in [-0.39, 0.29) is 36.5 Å². The predicted molar refractivity (Wildman–Crippen MR) is 101 cm³/mol. The summed E-state index contributed by atoms with van der Waals surface area (Å²) in [5.41, 5.74) is 0.823. The summed E-state index contributed by atoms with van der Waals surface area (Å²) in [6, 6.07) is 12.0.